The number of imidazole rings is 4. The molecular formula is C46H36Cl4N12O8. The van der Waals surface area contributed by atoms with Gasteiger partial charge in [-0.1, -0.05) is 46.4 Å². The predicted molar refractivity (Wildman–Crippen MR) is 270 cm³/mol. The van der Waals surface area contributed by atoms with Crippen LogP contribution < -0.4 is 44.0 Å². The molecule has 4 aromatic heterocycles. The maximum absolute atomic E-state index is 13.1. The van der Waals surface area contributed by atoms with Crippen molar-refractivity contribution in [3.05, 3.63) is 158 Å². The van der Waals surface area contributed by atoms with Crippen molar-refractivity contribution in [1.29, 1.82) is 0 Å². The Morgan fingerprint density at radius 3 is 0.900 bits per heavy atom. The van der Waals surface area contributed by atoms with Gasteiger partial charge in [0.1, 0.15) is 42.9 Å². The summed E-state index contributed by atoms with van der Waals surface area (Å²) >= 11 is 25.2. The molecule has 0 bridgehead atoms. The van der Waals surface area contributed by atoms with E-state index in [1.165, 1.54) is 9.13 Å². The van der Waals surface area contributed by atoms with Crippen LogP contribution in [0.15, 0.2) is 135 Å². The van der Waals surface area contributed by atoms with Crippen LogP contribution in [0.2, 0.25) is 0 Å². The van der Waals surface area contributed by atoms with Gasteiger partial charge in [0.15, 0.2) is 0 Å². The zero-order valence-corrected chi connectivity index (χ0v) is 39.9. The van der Waals surface area contributed by atoms with E-state index in [1.54, 1.807) is 96.0 Å². The Hall–Kier alpha value is -8.04. The van der Waals surface area contributed by atoms with Crippen LogP contribution in [0.25, 0.3) is 44.1 Å². The average Bonchev–Trinajstić information content (AvgIpc) is 4.03. The fourth-order valence-corrected chi connectivity index (χ4v) is 8.97. The predicted octanol–water partition coefficient (Wildman–Crippen LogP) is 6.21. The Bertz CT molecular complexity index is 3760. The van der Waals surface area contributed by atoms with Crippen molar-refractivity contribution in [2.75, 3.05) is 21.3 Å². The van der Waals surface area contributed by atoms with E-state index in [4.69, 9.17) is 46.4 Å². The molecular weight excluding hydrogens is 990 g/mol. The molecule has 0 saturated heterocycles. The van der Waals surface area contributed by atoms with Gasteiger partial charge in [-0.2, -0.15) is 0 Å². The number of hydrogen-bond donors (Lipinski definition) is 8. The second kappa shape index (κ2) is 18.1. The van der Waals surface area contributed by atoms with E-state index in [9.17, 15) is 38.4 Å². The molecule has 0 spiro atoms. The summed E-state index contributed by atoms with van der Waals surface area (Å²) in [5, 5.41) is 10.0. The number of carbonyl (C=O) groups is 4. The van der Waals surface area contributed by atoms with E-state index in [0.717, 1.165) is 0 Å². The fraction of sp³-hybridized carbons (Fsp3) is 0.130. The molecule has 24 heteroatoms. The van der Waals surface area contributed by atoms with E-state index in [-0.39, 0.29) is 65.7 Å². The molecule has 2 aliphatic rings. The molecule has 0 aliphatic heterocycles. The van der Waals surface area contributed by atoms with E-state index in [1.807, 2.05) is 13.8 Å². The van der Waals surface area contributed by atoms with Crippen molar-refractivity contribution in [2.45, 2.75) is 26.9 Å². The van der Waals surface area contributed by atoms with Crippen LogP contribution >= 0.6 is 46.4 Å². The highest BCUT2D eigenvalue weighted by Crippen LogP contribution is 2.34. The Morgan fingerprint density at radius 2 is 0.629 bits per heavy atom. The normalized spacial score (nSPS) is 14.5. The van der Waals surface area contributed by atoms with Crippen LogP contribution in [0.4, 0.5) is 22.7 Å². The molecule has 8 aromatic rings. The number of carbonyl (C=O) groups excluding carboxylic acids is 4. The number of anilines is 4. The molecule has 0 saturated carbocycles. The molecule has 8 N–H and O–H groups in total. The van der Waals surface area contributed by atoms with Crippen LogP contribution in [-0.4, -0.2) is 61.3 Å². The van der Waals surface area contributed by atoms with Gasteiger partial charge in [-0.05, 0) is 86.6 Å². The smallest absolute Gasteiger partial charge is 0.326 e. The summed E-state index contributed by atoms with van der Waals surface area (Å²) in [6.45, 7) is 4.71. The number of aryl methyl sites for hydroxylation is 4. The van der Waals surface area contributed by atoms with Crippen LogP contribution in [0, 0.1) is 0 Å². The Balaban J connectivity index is 0.000000174. The largest absolute Gasteiger partial charge is 0.351 e. The van der Waals surface area contributed by atoms with Gasteiger partial charge in [0.05, 0.1) is 44.1 Å². The van der Waals surface area contributed by atoms with Gasteiger partial charge in [-0.3, -0.25) is 37.4 Å². The highest BCUT2D eigenvalue weighted by atomic mass is 35.5. The zero-order valence-electron chi connectivity index (χ0n) is 36.9. The van der Waals surface area contributed by atoms with Crippen molar-refractivity contribution in [2.24, 2.45) is 14.1 Å². The minimum Gasteiger partial charge on any atom is -0.351 e. The highest BCUT2D eigenvalue weighted by molar-refractivity contribution is 6.57. The number of rotatable bonds is 10. The van der Waals surface area contributed by atoms with Crippen LogP contribution in [0.5, 0.6) is 0 Å². The molecule has 2 aliphatic carbocycles. The van der Waals surface area contributed by atoms with E-state index in [2.05, 4.69) is 41.2 Å². The summed E-state index contributed by atoms with van der Waals surface area (Å²) < 4.78 is 6.03. The van der Waals surface area contributed by atoms with Crippen LogP contribution in [0.1, 0.15) is 13.8 Å². The molecule has 4 heterocycles. The maximum atomic E-state index is 13.1. The van der Waals surface area contributed by atoms with Gasteiger partial charge in [0.2, 0.25) is 23.1 Å². The van der Waals surface area contributed by atoms with Gasteiger partial charge in [0, 0.05) is 49.9 Å². The Labute approximate surface area is 411 Å². The van der Waals surface area contributed by atoms with Crippen molar-refractivity contribution in [3.63, 3.8) is 0 Å². The number of aromatic nitrogens is 8. The molecule has 20 nitrogen and oxygen atoms in total. The number of allylic oxidation sites excluding steroid dienone is 4. The number of ketones is 4. The molecule has 0 amide bonds. The first-order valence-electron chi connectivity index (χ1n) is 21.1. The third-order valence-corrected chi connectivity index (χ3v) is 13.1. The minimum absolute atomic E-state index is 0.173. The van der Waals surface area contributed by atoms with Crippen LogP contribution in [-0.2, 0) is 46.4 Å². The number of aromatic amines is 4. The topological polar surface area (TPSA) is 268 Å². The number of benzene rings is 4. The Morgan fingerprint density at radius 1 is 0.386 bits per heavy atom. The van der Waals surface area contributed by atoms with E-state index < -0.39 is 23.1 Å². The monoisotopic (exact) mass is 1020 g/mol. The van der Waals surface area contributed by atoms with Gasteiger partial charge in [0.25, 0.3) is 0 Å². The molecule has 70 heavy (non-hydrogen) atoms. The van der Waals surface area contributed by atoms with Crippen molar-refractivity contribution in [3.8, 4) is 0 Å². The second-order valence-electron chi connectivity index (χ2n) is 15.8. The van der Waals surface area contributed by atoms with Gasteiger partial charge in [-0.25, -0.2) is 19.2 Å². The lowest BCUT2D eigenvalue weighted by Gasteiger charge is -2.20. The molecule has 0 atom stereocenters. The summed E-state index contributed by atoms with van der Waals surface area (Å²) in [7, 11) is 3.26. The highest BCUT2D eigenvalue weighted by Gasteiger charge is 2.35. The number of Topliss-reactive ketones (excluding diaryl/α,β-unsaturated/α-hetero) is 4. The lowest BCUT2D eigenvalue weighted by atomic mass is 10.0. The number of nitrogens with zero attached hydrogens (tertiary/aromatic N) is 4. The third-order valence-electron chi connectivity index (χ3n) is 11.6. The van der Waals surface area contributed by atoms with E-state index in [0.29, 0.717) is 80.0 Å². The first-order valence-corrected chi connectivity index (χ1v) is 22.6. The molecule has 4 aromatic carbocycles. The first kappa shape index (κ1) is 47.0. The molecule has 10 rings (SSSR count). The summed E-state index contributed by atoms with van der Waals surface area (Å²) in [6, 6.07) is 20.0. The second-order valence-corrected chi connectivity index (χ2v) is 17.3. The summed E-state index contributed by atoms with van der Waals surface area (Å²) in [4.78, 5) is 111. The number of fused-ring (bicyclic) bond motifs is 4. The van der Waals surface area contributed by atoms with Crippen molar-refractivity contribution < 1.29 is 19.2 Å². The maximum Gasteiger partial charge on any atom is 0.326 e. The first-order chi connectivity index (χ1) is 33.4. The molecule has 0 fully saturated rings. The number of hydrogen-bond acceptors (Lipinski definition) is 12. The molecule has 356 valence electrons. The van der Waals surface area contributed by atoms with Crippen LogP contribution in [0.3, 0.4) is 0 Å². The summed E-state index contributed by atoms with van der Waals surface area (Å²) in [6.07, 6.45) is 0. The summed E-state index contributed by atoms with van der Waals surface area (Å²) in [5.41, 5.74) is 4.94. The Kier molecular flexibility index (Phi) is 12.2. The van der Waals surface area contributed by atoms with Crippen molar-refractivity contribution >= 4 is 136 Å². The number of halogens is 4. The number of nitrogens with one attached hydrogen (secondary N) is 8. The van der Waals surface area contributed by atoms with Gasteiger partial charge < -0.3 is 41.2 Å². The lowest BCUT2D eigenvalue weighted by Crippen LogP contribution is -2.27. The third kappa shape index (κ3) is 8.15. The van der Waals surface area contributed by atoms with E-state index >= 15 is 0 Å². The lowest BCUT2D eigenvalue weighted by molar-refractivity contribution is -0.115. The van der Waals surface area contributed by atoms with Gasteiger partial charge in [-0.15, -0.1) is 0 Å². The summed E-state index contributed by atoms with van der Waals surface area (Å²) in [5.74, 6) is -2.69. The molecule has 0 unspecified atom stereocenters. The standard InChI is InChI=1S/C24H20Cl2N6O4.C22H16Cl2N6O4/c1-3-31-15-7-5-11(9-13(15)29-23(31)35)27-19-17(25)22(34)20(18(26)21(19)33)28-12-6-8-16-14(10-12)30-24(36)32(16)4-2;1-29-13-5-3-9(7-11(13)27-21(29)33)25-17-15(23)20(32)18(16(24)19(17)31)26-10-4-6-14-12(8-10)28-22(34)30(14)2/h5-10,27-28H,3-4H2,1-2H3,(H,29,35)(H,30,36);3-8,25-26H,1-2H3,(H,27,33)(H,28,34). The quantitative estimate of drug-likeness (QED) is 0.0711. The average molecular weight is 1030 g/mol. The number of H-pyrrole nitrogens is 4. The SMILES string of the molecule is CCn1c(=O)[nH]c2cc(NC3=C(Cl)C(=O)C(Nc4ccc5c(c4)[nH]c(=O)n5CC)=C(Cl)C3=O)ccc21.Cn1c(=O)[nH]c2cc(NC3=C(Cl)C(=O)C(Nc4ccc5c(c4)[nH]c(=O)n5C)=C(Cl)C3=O)ccc21. The zero-order chi connectivity index (χ0) is 50.0. The van der Waals surface area contributed by atoms with Gasteiger partial charge >= 0.3 is 22.8 Å². The van der Waals surface area contributed by atoms with Crippen molar-refractivity contribution in [1.82, 2.24) is 38.2 Å². The molecule has 0 radical (unpaired) electrons. The minimum atomic E-state index is -0.676. The fourth-order valence-electron chi connectivity index (χ4n) is 8.06.